The van der Waals surface area contributed by atoms with Gasteiger partial charge in [-0.25, -0.2) is 4.79 Å². The minimum atomic E-state index is -0.458. The summed E-state index contributed by atoms with van der Waals surface area (Å²) in [7, 11) is 1.79. The highest BCUT2D eigenvalue weighted by Gasteiger charge is 2.27. The van der Waals surface area contributed by atoms with Gasteiger partial charge in [-0.1, -0.05) is 13.3 Å². The Labute approximate surface area is 151 Å². The zero-order valence-electron chi connectivity index (χ0n) is 14.4. The Hall–Kier alpha value is -0.730. The fraction of sp³-hybridized carbons (Fsp3) is 0.867. The van der Waals surface area contributed by atoms with Crippen molar-refractivity contribution in [3.63, 3.8) is 0 Å². The van der Waals surface area contributed by atoms with E-state index < -0.39 is 5.60 Å². The van der Waals surface area contributed by atoms with Gasteiger partial charge in [0.1, 0.15) is 5.60 Å². The molecule has 1 aliphatic rings. The van der Waals surface area contributed by atoms with Crippen LogP contribution in [0.2, 0.25) is 0 Å². The number of nitrogens with one attached hydrogen (secondary N) is 2. The van der Waals surface area contributed by atoms with Crippen LogP contribution >= 0.6 is 24.0 Å². The van der Waals surface area contributed by atoms with Gasteiger partial charge in [-0.15, -0.1) is 24.0 Å². The summed E-state index contributed by atoms with van der Waals surface area (Å²) >= 11 is 0. The van der Waals surface area contributed by atoms with Gasteiger partial charge < -0.3 is 20.3 Å². The maximum atomic E-state index is 11.8. The van der Waals surface area contributed by atoms with Crippen molar-refractivity contribution in [2.45, 2.75) is 58.6 Å². The van der Waals surface area contributed by atoms with Crippen molar-refractivity contribution in [2.75, 3.05) is 26.7 Å². The molecule has 1 unspecified atom stereocenters. The predicted octanol–water partition coefficient (Wildman–Crippen LogP) is 2.58. The summed E-state index contributed by atoms with van der Waals surface area (Å²) < 4.78 is 5.29. The zero-order valence-corrected chi connectivity index (χ0v) is 16.8. The van der Waals surface area contributed by atoms with Crippen LogP contribution in [0.25, 0.3) is 0 Å². The number of hydrogen-bond donors (Lipinski definition) is 2. The third-order valence-corrected chi connectivity index (χ3v) is 3.23. The number of unbranched alkanes of at least 4 members (excludes halogenated alkanes) is 1. The molecule has 1 aliphatic heterocycles. The topological polar surface area (TPSA) is 66.0 Å². The molecule has 0 radical (unpaired) electrons. The average molecular weight is 426 g/mol. The number of alkyl carbamates (subject to hydrolysis) is 1. The van der Waals surface area contributed by atoms with Crippen molar-refractivity contribution < 1.29 is 9.53 Å². The second-order valence-electron chi connectivity index (χ2n) is 6.41. The van der Waals surface area contributed by atoms with Crippen LogP contribution in [0.1, 0.15) is 47.0 Å². The first kappa shape index (κ1) is 21.3. The number of carbonyl (C=O) groups is 1. The van der Waals surface area contributed by atoms with Crippen molar-refractivity contribution >= 4 is 36.0 Å². The molecule has 2 N–H and O–H groups in total. The normalized spacial score (nSPS) is 18.7. The van der Waals surface area contributed by atoms with Gasteiger partial charge in [0, 0.05) is 26.7 Å². The number of aliphatic imine (C=N–C) groups is 1. The molecule has 0 spiro atoms. The lowest BCUT2D eigenvalue weighted by atomic mass is 10.2. The zero-order chi connectivity index (χ0) is 15.9. The van der Waals surface area contributed by atoms with E-state index in [9.17, 15) is 4.79 Å². The van der Waals surface area contributed by atoms with Crippen LogP contribution in [0.5, 0.6) is 0 Å². The number of guanidine groups is 1. The molecule has 1 fully saturated rings. The highest BCUT2D eigenvalue weighted by Crippen LogP contribution is 2.11. The maximum Gasteiger partial charge on any atom is 0.407 e. The summed E-state index contributed by atoms with van der Waals surface area (Å²) in [5.41, 5.74) is -0.458. The van der Waals surface area contributed by atoms with Crippen LogP contribution in [-0.2, 0) is 4.74 Å². The highest BCUT2D eigenvalue weighted by molar-refractivity contribution is 14.0. The largest absolute Gasteiger partial charge is 0.444 e. The fourth-order valence-electron chi connectivity index (χ4n) is 2.25. The van der Waals surface area contributed by atoms with Crippen molar-refractivity contribution in [1.29, 1.82) is 0 Å². The van der Waals surface area contributed by atoms with Crippen LogP contribution in [0.15, 0.2) is 4.99 Å². The molecular weight excluding hydrogens is 395 g/mol. The first-order valence-electron chi connectivity index (χ1n) is 7.81. The first-order chi connectivity index (χ1) is 9.85. The third kappa shape index (κ3) is 8.05. The Morgan fingerprint density at radius 3 is 2.64 bits per heavy atom. The maximum absolute atomic E-state index is 11.8. The van der Waals surface area contributed by atoms with Gasteiger partial charge in [0.15, 0.2) is 5.96 Å². The monoisotopic (exact) mass is 426 g/mol. The summed E-state index contributed by atoms with van der Waals surface area (Å²) in [4.78, 5) is 18.3. The molecule has 130 valence electrons. The molecule has 6 nitrogen and oxygen atoms in total. The molecule has 0 aromatic carbocycles. The Bertz CT molecular complexity index is 369. The molecule has 1 atom stereocenters. The number of hydrogen-bond acceptors (Lipinski definition) is 3. The number of likely N-dealkylation sites (tertiary alicyclic amines) is 1. The number of nitrogens with zero attached hydrogens (tertiary/aromatic N) is 2. The second-order valence-corrected chi connectivity index (χ2v) is 6.41. The number of rotatable bonds is 4. The molecule has 0 bridgehead atoms. The molecular formula is C15H31IN4O2. The molecule has 0 aromatic heterocycles. The molecule has 0 saturated carbocycles. The smallest absolute Gasteiger partial charge is 0.407 e. The van der Waals surface area contributed by atoms with Crippen molar-refractivity contribution in [3.8, 4) is 0 Å². The van der Waals surface area contributed by atoms with Gasteiger partial charge in [0.2, 0.25) is 0 Å². The van der Waals surface area contributed by atoms with E-state index in [0.29, 0.717) is 0 Å². The van der Waals surface area contributed by atoms with Gasteiger partial charge in [-0.05, 0) is 33.6 Å². The Morgan fingerprint density at radius 2 is 2.09 bits per heavy atom. The van der Waals surface area contributed by atoms with E-state index >= 15 is 0 Å². The molecule has 22 heavy (non-hydrogen) atoms. The van der Waals surface area contributed by atoms with Crippen molar-refractivity contribution in [3.05, 3.63) is 0 Å². The minimum Gasteiger partial charge on any atom is -0.444 e. The van der Waals surface area contributed by atoms with E-state index in [1.54, 1.807) is 7.05 Å². The lowest BCUT2D eigenvalue weighted by molar-refractivity contribution is 0.0507. The van der Waals surface area contributed by atoms with E-state index in [1.807, 2.05) is 20.8 Å². The predicted molar refractivity (Wildman–Crippen MR) is 101 cm³/mol. The summed E-state index contributed by atoms with van der Waals surface area (Å²) in [6.45, 7) is 10.4. The van der Waals surface area contributed by atoms with Gasteiger partial charge in [0.25, 0.3) is 0 Å². The van der Waals surface area contributed by atoms with Gasteiger partial charge in [0.05, 0.1) is 6.04 Å². The molecule has 0 aromatic rings. The lowest BCUT2D eigenvalue weighted by Gasteiger charge is -2.23. The number of carbonyl (C=O) groups excluding carboxylic acids is 1. The highest BCUT2D eigenvalue weighted by atomic mass is 127. The first-order valence-corrected chi connectivity index (χ1v) is 7.81. The van der Waals surface area contributed by atoms with E-state index in [1.165, 1.54) is 0 Å². The summed E-state index contributed by atoms with van der Waals surface area (Å²) in [5.74, 6) is 0.914. The molecule has 0 aliphatic carbocycles. The van der Waals surface area contributed by atoms with E-state index in [-0.39, 0.29) is 36.1 Å². The summed E-state index contributed by atoms with van der Waals surface area (Å²) in [6.07, 6.45) is 2.86. The average Bonchev–Trinajstić information content (AvgIpc) is 2.80. The van der Waals surface area contributed by atoms with Crippen molar-refractivity contribution in [1.82, 2.24) is 15.5 Å². The van der Waals surface area contributed by atoms with E-state index in [2.05, 4.69) is 27.4 Å². The lowest BCUT2D eigenvalue weighted by Crippen LogP contribution is -2.44. The summed E-state index contributed by atoms with van der Waals surface area (Å²) in [5, 5.41) is 6.28. The van der Waals surface area contributed by atoms with E-state index in [4.69, 9.17) is 4.74 Å². The molecule has 1 saturated heterocycles. The number of ether oxygens (including phenoxy) is 1. The van der Waals surface area contributed by atoms with Crippen LogP contribution < -0.4 is 10.6 Å². The van der Waals surface area contributed by atoms with Gasteiger partial charge >= 0.3 is 6.09 Å². The van der Waals surface area contributed by atoms with Crippen LogP contribution in [0.4, 0.5) is 4.79 Å². The number of amides is 1. The third-order valence-electron chi connectivity index (χ3n) is 3.23. The minimum absolute atomic E-state index is 0. The standard InChI is InChI=1S/C15H30N4O2.HI/c1-6-7-9-17-13(16-5)19-10-8-12(11-19)18-14(20)21-15(2,3)4;/h12H,6-11H2,1-5H3,(H,16,17)(H,18,20);1H. The Balaban J connectivity index is 0.00000441. The van der Waals surface area contributed by atoms with Crippen LogP contribution in [0.3, 0.4) is 0 Å². The number of halogens is 1. The second kappa shape index (κ2) is 10.1. The van der Waals surface area contributed by atoms with Gasteiger partial charge in [-0.2, -0.15) is 0 Å². The van der Waals surface area contributed by atoms with Crippen LogP contribution in [0, 0.1) is 0 Å². The van der Waals surface area contributed by atoms with Crippen molar-refractivity contribution in [2.24, 2.45) is 4.99 Å². The SMILES string of the molecule is CCCCNC(=NC)N1CCC(NC(=O)OC(C)(C)C)C1.I. The molecule has 1 amide bonds. The molecule has 1 heterocycles. The summed E-state index contributed by atoms with van der Waals surface area (Å²) in [6, 6.07) is 0.115. The fourth-order valence-corrected chi connectivity index (χ4v) is 2.25. The Kier molecular flexibility index (Phi) is 9.79. The Morgan fingerprint density at radius 1 is 1.41 bits per heavy atom. The molecule has 1 rings (SSSR count). The van der Waals surface area contributed by atoms with Gasteiger partial charge in [-0.3, -0.25) is 4.99 Å². The molecule has 7 heteroatoms. The van der Waals surface area contributed by atoms with Crippen LogP contribution in [-0.4, -0.2) is 55.3 Å². The van der Waals surface area contributed by atoms with E-state index in [0.717, 1.165) is 44.9 Å². The quantitative estimate of drug-likeness (QED) is 0.314.